The van der Waals surface area contributed by atoms with Gasteiger partial charge in [-0.3, -0.25) is 9.59 Å². The normalized spacial score (nSPS) is 20.6. The van der Waals surface area contributed by atoms with E-state index in [9.17, 15) is 9.59 Å². The number of amides is 2. The van der Waals surface area contributed by atoms with Gasteiger partial charge < -0.3 is 14.7 Å². The van der Waals surface area contributed by atoms with Crippen LogP contribution in [0.3, 0.4) is 0 Å². The van der Waals surface area contributed by atoms with Crippen LogP contribution in [0.5, 0.6) is 0 Å². The molecule has 0 atom stereocenters. The Morgan fingerprint density at radius 2 is 1.70 bits per heavy atom. The molecule has 3 aliphatic rings. The molecule has 156 valence electrons. The molecule has 1 spiro atoms. The second-order valence-electron chi connectivity index (χ2n) is 8.57. The number of fused-ring (bicyclic) bond motifs is 2. The van der Waals surface area contributed by atoms with E-state index in [1.807, 2.05) is 36.2 Å². The van der Waals surface area contributed by atoms with Crippen molar-refractivity contribution in [3.8, 4) is 0 Å². The molecular formula is C23H27N5O2. The molecule has 4 heterocycles. The van der Waals surface area contributed by atoms with E-state index in [2.05, 4.69) is 14.9 Å². The van der Waals surface area contributed by atoms with Crippen LogP contribution in [0.25, 0.3) is 0 Å². The van der Waals surface area contributed by atoms with Gasteiger partial charge in [-0.1, -0.05) is 0 Å². The Morgan fingerprint density at radius 3 is 2.40 bits per heavy atom. The quantitative estimate of drug-likeness (QED) is 0.768. The fourth-order valence-electron chi connectivity index (χ4n) is 5.20. The summed E-state index contributed by atoms with van der Waals surface area (Å²) in [4.78, 5) is 41.0. The number of carbonyl (C=O) groups excluding carboxylic acids is 2. The average molecular weight is 406 g/mol. The summed E-state index contributed by atoms with van der Waals surface area (Å²) in [5, 5.41) is 0. The van der Waals surface area contributed by atoms with Crippen molar-refractivity contribution in [1.29, 1.82) is 0 Å². The van der Waals surface area contributed by atoms with Crippen molar-refractivity contribution in [2.24, 2.45) is 0 Å². The summed E-state index contributed by atoms with van der Waals surface area (Å²) in [7, 11) is 1.84. The first-order valence-electron chi connectivity index (χ1n) is 10.8. The molecule has 0 aliphatic carbocycles. The molecule has 7 nitrogen and oxygen atoms in total. The summed E-state index contributed by atoms with van der Waals surface area (Å²) in [5.41, 5.74) is 2.08. The van der Waals surface area contributed by atoms with E-state index in [4.69, 9.17) is 0 Å². The van der Waals surface area contributed by atoms with E-state index < -0.39 is 5.41 Å². The van der Waals surface area contributed by atoms with Crippen LogP contribution >= 0.6 is 0 Å². The largest absolute Gasteiger partial charge is 0.341 e. The summed E-state index contributed by atoms with van der Waals surface area (Å²) in [6.07, 6.45) is 8.21. The predicted molar refractivity (Wildman–Crippen MR) is 115 cm³/mol. The van der Waals surface area contributed by atoms with Gasteiger partial charge in [0, 0.05) is 56.9 Å². The Hall–Kier alpha value is -2.96. The number of nitrogens with zero attached hydrogens (tertiary/aromatic N) is 5. The fraction of sp³-hybridized carbons (Fsp3) is 0.478. The highest BCUT2D eigenvalue weighted by atomic mass is 16.2. The lowest BCUT2D eigenvalue weighted by atomic mass is 9.73. The predicted octanol–water partition coefficient (Wildman–Crippen LogP) is 2.62. The Labute approximate surface area is 176 Å². The monoisotopic (exact) mass is 405 g/mol. The third-order valence-corrected chi connectivity index (χ3v) is 6.93. The van der Waals surface area contributed by atoms with Crippen LogP contribution in [0.4, 0.5) is 11.6 Å². The van der Waals surface area contributed by atoms with Gasteiger partial charge >= 0.3 is 0 Å². The standard InChI is InChI=1S/C23H27N5O2/c1-26-19-7-6-17(20(29)27-12-3-2-4-13-27)16-18(19)23(21(26)30)8-14-28(15-9-23)22-24-10-5-11-25-22/h5-7,10-11,16H,2-4,8-9,12-15H2,1H3. The van der Waals surface area contributed by atoms with Crippen molar-refractivity contribution in [3.05, 3.63) is 47.8 Å². The van der Waals surface area contributed by atoms with Gasteiger partial charge in [-0.05, 0) is 61.9 Å². The molecule has 2 amide bonds. The van der Waals surface area contributed by atoms with Crippen molar-refractivity contribution in [1.82, 2.24) is 14.9 Å². The Bertz CT molecular complexity index is 963. The van der Waals surface area contributed by atoms with Crippen LogP contribution < -0.4 is 9.80 Å². The summed E-state index contributed by atoms with van der Waals surface area (Å²) in [6.45, 7) is 3.08. The molecule has 3 aliphatic heterocycles. The highest BCUT2D eigenvalue weighted by molar-refractivity contribution is 6.09. The summed E-state index contributed by atoms with van der Waals surface area (Å²) in [6, 6.07) is 7.63. The number of likely N-dealkylation sites (N-methyl/N-ethyl adjacent to an activating group) is 1. The lowest BCUT2D eigenvalue weighted by molar-refractivity contribution is -0.123. The first kappa shape index (κ1) is 19.0. The van der Waals surface area contributed by atoms with Gasteiger partial charge in [0.1, 0.15) is 0 Å². The molecule has 1 aromatic heterocycles. The first-order chi connectivity index (χ1) is 14.6. The number of benzene rings is 1. The number of hydrogen-bond donors (Lipinski definition) is 0. The topological polar surface area (TPSA) is 69.6 Å². The fourth-order valence-corrected chi connectivity index (χ4v) is 5.20. The minimum atomic E-state index is -0.562. The van der Waals surface area contributed by atoms with Crippen LogP contribution in [-0.2, 0) is 10.2 Å². The maximum Gasteiger partial charge on any atom is 0.253 e. The summed E-state index contributed by atoms with van der Waals surface area (Å²) in [5.74, 6) is 0.930. The Morgan fingerprint density at radius 1 is 1.00 bits per heavy atom. The van der Waals surface area contributed by atoms with Crippen molar-refractivity contribution in [2.75, 3.05) is 43.0 Å². The maximum absolute atomic E-state index is 13.3. The van der Waals surface area contributed by atoms with Gasteiger partial charge in [0.25, 0.3) is 5.91 Å². The maximum atomic E-state index is 13.3. The smallest absolute Gasteiger partial charge is 0.253 e. The molecule has 0 radical (unpaired) electrons. The molecule has 5 rings (SSSR count). The van der Waals surface area contributed by atoms with Gasteiger partial charge in [-0.2, -0.15) is 0 Å². The second kappa shape index (κ2) is 7.38. The summed E-state index contributed by atoms with van der Waals surface area (Å²) >= 11 is 0. The van der Waals surface area contributed by atoms with Gasteiger partial charge in [-0.25, -0.2) is 9.97 Å². The molecule has 2 aromatic rings. The van der Waals surface area contributed by atoms with Gasteiger partial charge in [0.15, 0.2) is 0 Å². The SMILES string of the molecule is CN1C(=O)C2(CCN(c3ncccn3)CC2)c2cc(C(=O)N3CCCCC3)ccc21. The van der Waals surface area contributed by atoms with Gasteiger partial charge in [0.2, 0.25) is 11.9 Å². The van der Waals surface area contributed by atoms with Crippen molar-refractivity contribution in [3.63, 3.8) is 0 Å². The minimum absolute atomic E-state index is 0.0878. The van der Waals surface area contributed by atoms with E-state index >= 15 is 0 Å². The zero-order chi connectivity index (χ0) is 20.7. The molecule has 30 heavy (non-hydrogen) atoms. The molecular weight excluding hydrogens is 378 g/mol. The van der Waals surface area contributed by atoms with Crippen molar-refractivity contribution >= 4 is 23.5 Å². The number of likely N-dealkylation sites (tertiary alicyclic amines) is 1. The lowest BCUT2D eigenvalue weighted by Gasteiger charge is -2.38. The van der Waals surface area contributed by atoms with Crippen molar-refractivity contribution < 1.29 is 9.59 Å². The molecule has 0 N–H and O–H groups in total. The molecule has 7 heteroatoms. The van der Waals surface area contributed by atoms with Crippen LogP contribution in [0.15, 0.2) is 36.7 Å². The molecule has 0 saturated carbocycles. The zero-order valence-electron chi connectivity index (χ0n) is 17.4. The van der Waals surface area contributed by atoms with E-state index in [-0.39, 0.29) is 11.8 Å². The molecule has 0 bridgehead atoms. The Balaban J connectivity index is 1.44. The number of rotatable bonds is 2. The molecule has 2 saturated heterocycles. The van der Waals surface area contributed by atoms with Crippen LogP contribution in [-0.4, -0.2) is 59.9 Å². The third-order valence-electron chi connectivity index (χ3n) is 6.93. The van der Waals surface area contributed by atoms with Crippen LogP contribution in [0.2, 0.25) is 0 Å². The lowest BCUT2D eigenvalue weighted by Crippen LogP contribution is -2.48. The van der Waals surface area contributed by atoms with Crippen LogP contribution in [0, 0.1) is 0 Å². The van der Waals surface area contributed by atoms with Crippen molar-refractivity contribution in [2.45, 2.75) is 37.5 Å². The highest BCUT2D eigenvalue weighted by Gasteiger charge is 2.51. The zero-order valence-corrected chi connectivity index (χ0v) is 17.4. The van der Waals surface area contributed by atoms with E-state index in [1.54, 1.807) is 17.3 Å². The van der Waals surface area contributed by atoms with E-state index in [0.717, 1.165) is 37.2 Å². The number of anilines is 2. The molecule has 0 unspecified atom stereocenters. The van der Waals surface area contributed by atoms with E-state index in [1.165, 1.54) is 6.42 Å². The minimum Gasteiger partial charge on any atom is -0.341 e. The molecule has 2 fully saturated rings. The first-order valence-corrected chi connectivity index (χ1v) is 10.8. The number of carbonyl (C=O) groups is 2. The average Bonchev–Trinajstić information content (AvgIpc) is 3.02. The highest BCUT2D eigenvalue weighted by Crippen LogP contribution is 2.48. The van der Waals surface area contributed by atoms with Crippen LogP contribution in [0.1, 0.15) is 48.0 Å². The number of hydrogen-bond acceptors (Lipinski definition) is 5. The Kier molecular flexibility index (Phi) is 4.68. The van der Waals surface area contributed by atoms with Gasteiger partial charge in [0.05, 0.1) is 5.41 Å². The molecule has 1 aromatic carbocycles. The van der Waals surface area contributed by atoms with E-state index in [0.29, 0.717) is 37.4 Å². The second-order valence-corrected chi connectivity index (χ2v) is 8.57. The number of aromatic nitrogens is 2. The third kappa shape index (κ3) is 2.95. The number of piperidine rings is 2. The summed E-state index contributed by atoms with van der Waals surface area (Å²) < 4.78 is 0. The van der Waals surface area contributed by atoms with Gasteiger partial charge in [-0.15, -0.1) is 0 Å².